The molecule has 1 aliphatic heterocycles. The minimum Gasteiger partial charge on any atom is -0.371 e. The molecule has 204 valence electrons. The van der Waals surface area contributed by atoms with Gasteiger partial charge in [0.05, 0.1) is 18.8 Å². The first-order valence-electron chi connectivity index (χ1n) is 12.0. The van der Waals surface area contributed by atoms with Crippen LogP contribution in [0.3, 0.4) is 0 Å². The second-order valence-corrected chi connectivity index (χ2v) is 8.91. The van der Waals surface area contributed by atoms with Crippen LogP contribution in [0.25, 0.3) is 27.9 Å². The molecule has 0 saturated carbocycles. The lowest BCUT2D eigenvalue weighted by atomic mass is 10.1. The van der Waals surface area contributed by atoms with E-state index < -0.39 is 25.4 Å². The van der Waals surface area contributed by atoms with E-state index in [0.29, 0.717) is 47.4 Å². The summed E-state index contributed by atoms with van der Waals surface area (Å²) in [5.41, 5.74) is 3.20. The largest absolute Gasteiger partial charge is 0.371 e. The standard InChI is InChI=1S/C17H18F2N8.C7H11F2NO/c1-9-22-12-5-4-11(23-16(12)26(9)8-13(18)19)10-6-7-27-14(10)15(20-2)24-17(21-3)25-27;1-6(11)10-4-2-3-7(8,9)5-10/h4-7,13H,8H2,1-3H3,(H2,20,21,24,25);2-5H2,1H3. The van der Waals surface area contributed by atoms with Crippen molar-refractivity contribution in [3.63, 3.8) is 0 Å². The van der Waals surface area contributed by atoms with Gasteiger partial charge in [-0.1, -0.05) is 0 Å². The number of carbonyl (C=O) groups is 1. The van der Waals surface area contributed by atoms with Crippen molar-refractivity contribution >= 4 is 34.4 Å². The van der Waals surface area contributed by atoms with Crippen molar-refractivity contribution in [2.24, 2.45) is 0 Å². The number of imidazole rings is 1. The molecule has 1 aliphatic rings. The van der Waals surface area contributed by atoms with Crippen molar-refractivity contribution in [2.45, 2.75) is 45.6 Å². The number of aryl methyl sites for hydroxylation is 1. The fourth-order valence-electron chi connectivity index (χ4n) is 4.37. The third-order valence-electron chi connectivity index (χ3n) is 6.19. The maximum absolute atomic E-state index is 12.9. The SMILES string of the molecule is CC(=O)N1CCCC(F)(F)C1.CNc1nc(NC)c2c(-c3ccc4nc(C)n(CC(F)F)c4n3)ccn2n1. The van der Waals surface area contributed by atoms with E-state index in [1.165, 1.54) is 16.4 Å². The first-order valence-corrected chi connectivity index (χ1v) is 12.0. The number of hydrogen-bond donors (Lipinski definition) is 2. The van der Waals surface area contributed by atoms with E-state index in [1.54, 1.807) is 31.6 Å². The maximum atomic E-state index is 12.9. The zero-order valence-electron chi connectivity index (χ0n) is 21.5. The number of pyridine rings is 1. The van der Waals surface area contributed by atoms with E-state index in [0.717, 1.165) is 11.1 Å². The summed E-state index contributed by atoms with van der Waals surface area (Å²) in [5, 5.41) is 10.4. The summed E-state index contributed by atoms with van der Waals surface area (Å²) >= 11 is 0. The summed E-state index contributed by atoms with van der Waals surface area (Å²) in [6, 6.07) is 5.49. The van der Waals surface area contributed by atoms with Gasteiger partial charge in [0.1, 0.15) is 16.9 Å². The van der Waals surface area contributed by atoms with Gasteiger partial charge in [0.25, 0.3) is 12.3 Å². The molecular formula is C24H29F4N9O. The Kier molecular flexibility index (Phi) is 7.69. The van der Waals surface area contributed by atoms with Crippen LogP contribution < -0.4 is 10.6 Å². The van der Waals surface area contributed by atoms with Gasteiger partial charge >= 0.3 is 0 Å². The highest BCUT2D eigenvalue weighted by molar-refractivity contribution is 5.89. The van der Waals surface area contributed by atoms with E-state index >= 15 is 0 Å². The molecule has 1 fully saturated rings. The van der Waals surface area contributed by atoms with Crippen LogP contribution in [-0.2, 0) is 11.3 Å². The maximum Gasteiger partial charge on any atom is 0.265 e. The zero-order chi connectivity index (χ0) is 27.6. The third kappa shape index (κ3) is 5.63. The number of nitrogens with zero attached hydrogens (tertiary/aromatic N) is 7. The van der Waals surface area contributed by atoms with Gasteiger partial charge in [-0.3, -0.25) is 4.79 Å². The molecule has 1 saturated heterocycles. The van der Waals surface area contributed by atoms with Crippen LogP contribution in [-0.4, -0.2) is 79.5 Å². The smallest absolute Gasteiger partial charge is 0.265 e. The minimum atomic E-state index is -2.66. The van der Waals surface area contributed by atoms with E-state index in [9.17, 15) is 22.4 Å². The lowest BCUT2D eigenvalue weighted by Gasteiger charge is -2.31. The molecule has 0 spiro atoms. The molecule has 10 nitrogen and oxygen atoms in total. The van der Waals surface area contributed by atoms with Crippen molar-refractivity contribution in [1.82, 2.24) is 34.0 Å². The van der Waals surface area contributed by atoms with Gasteiger partial charge in [0, 0.05) is 45.7 Å². The topological polar surface area (TPSA) is 105 Å². The number of hydrogen-bond acceptors (Lipinski definition) is 7. The number of nitrogens with one attached hydrogen (secondary N) is 2. The van der Waals surface area contributed by atoms with Crippen LogP contribution in [0.1, 0.15) is 25.6 Å². The number of fused-ring (bicyclic) bond motifs is 2. The average molecular weight is 536 g/mol. The molecule has 0 bridgehead atoms. The number of halogens is 4. The van der Waals surface area contributed by atoms with Crippen molar-refractivity contribution in [3.8, 4) is 11.3 Å². The van der Waals surface area contributed by atoms with Crippen molar-refractivity contribution < 1.29 is 22.4 Å². The molecule has 0 aromatic carbocycles. The van der Waals surface area contributed by atoms with E-state index in [2.05, 4.69) is 30.7 Å². The number of carbonyl (C=O) groups excluding carboxylic acids is 1. The minimum absolute atomic E-state index is 0.0865. The Morgan fingerprint density at radius 2 is 1.89 bits per heavy atom. The summed E-state index contributed by atoms with van der Waals surface area (Å²) in [6.45, 7) is 2.66. The fraction of sp³-hybridized carbons (Fsp3) is 0.458. The first-order chi connectivity index (χ1) is 18.0. The van der Waals surface area contributed by atoms with Gasteiger partial charge in [-0.25, -0.2) is 32.0 Å². The second-order valence-electron chi connectivity index (χ2n) is 8.91. The fourth-order valence-corrected chi connectivity index (χ4v) is 4.37. The number of aromatic nitrogens is 6. The van der Waals surface area contributed by atoms with Crippen LogP contribution in [0, 0.1) is 6.92 Å². The first kappa shape index (κ1) is 27.1. The normalized spacial score (nSPS) is 15.0. The monoisotopic (exact) mass is 535 g/mol. The molecule has 5 heterocycles. The van der Waals surface area contributed by atoms with Crippen LogP contribution >= 0.6 is 0 Å². The van der Waals surface area contributed by atoms with Gasteiger partial charge in [-0.2, -0.15) is 4.98 Å². The number of anilines is 2. The molecule has 4 aromatic heterocycles. The molecule has 14 heteroatoms. The Hall–Kier alpha value is -3.97. The summed E-state index contributed by atoms with van der Waals surface area (Å²) in [7, 11) is 3.52. The average Bonchev–Trinajstić information content (AvgIpc) is 3.43. The quantitative estimate of drug-likeness (QED) is 0.372. The number of piperidine rings is 1. The lowest BCUT2D eigenvalue weighted by molar-refractivity contribution is -0.139. The molecule has 0 unspecified atom stereocenters. The van der Waals surface area contributed by atoms with Gasteiger partial charge in [-0.15, -0.1) is 5.10 Å². The number of rotatable bonds is 5. The molecule has 4 aromatic rings. The van der Waals surface area contributed by atoms with Crippen LogP contribution in [0.2, 0.25) is 0 Å². The zero-order valence-corrected chi connectivity index (χ0v) is 21.5. The molecule has 0 atom stereocenters. The van der Waals surface area contributed by atoms with Gasteiger partial charge < -0.3 is 20.1 Å². The number of alkyl halides is 4. The van der Waals surface area contributed by atoms with Crippen molar-refractivity contribution in [3.05, 3.63) is 30.2 Å². The number of likely N-dealkylation sites (tertiary alicyclic amines) is 1. The Labute approximate surface area is 216 Å². The van der Waals surface area contributed by atoms with Gasteiger partial charge in [0.15, 0.2) is 11.5 Å². The molecule has 5 rings (SSSR count). The van der Waals surface area contributed by atoms with Crippen LogP contribution in [0.5, 0.6) is 0 Å². The predicted molar refractivity (Wildman–Crippen MR) is 136 cm³/mol. The number of amides is 1. The highest BCUT2D eigenvalue weighted by atomic mass is 19.3. The molecule has 0 radical (unpaired) electrons. The van der Waals surface area contributed by atoms with Gasteiger partial charge in [-0.05, 0) is 31.5 Å². The van der Waals surface area contributed by atoms with Crippen LogP contribution in [0.15, 0.2) is 24.4 Å². The highest BCUT2D eigenvalue weighted by Gasteiger charge is 2.35. The Morgan fingerprint density at radius 1 is 1.13 bits per heavy atom. The van der Waals surface area contributed by atoms with Crippen molar-refractivity contribution in [2.75, 3.05) is 37.8 Å². The molecule has 0 aliphatic carbocycles. The Morgan fingerprint density at radius 3 is 2.50 bits per heavy atom. The van der Waals surface area contributed by atoms with E-state index in [1.807, 2.05) is 18.3 Å². The van der Waals surface area contributed by atoms with E-state index in [4.69, 9.17) is 0 Å². The summed E-state index contributed by atoms with van der Waals surface area (Å²) in [4.78, 5) is 25.2. The highest BCUT2D eigenvalue weighted by Crippen LogP contribution is 2.30. The molecule has 2 N–H and O–H groups in total. The summed E-state index contributed by atoms with van der Waals surface area (Å²) in [5.74, 6) is -1.31. The van der Waals surface area contributed by atoms with Gasteiger partial charge in [0.2, 0.25) is 11.9 Å². The Balaban J connectivity index is 0.000000257. The van der Waals surface area contributed by atoms with Crippen LogP contribution in [0.4, 0.5) is 29.3 Å². The second kappa shape index (κ2) is 10.8. The summed E-state index contributed by atoms with van der Waals surface area (Å²) in [6.07, 6.45) is -0.351. The molecule has 1 amide bonds. The van der Waals surface area contributed by atoms with Crippen molar-refractivity contribution in [1.29, 1.82) is 0 Å². The summed E-state index contributed by atoms with van der Waals surface area (Å²) < 4.78 is 54.3. The molecule has 38 heavy (non-hydrogen) atoms. The Bertz CT molecular complexity index is 1450. The predicted octanol–water partition coefficient (Wildman–Crippen LogP) is 4.06. The third-order valence-corrected chi connectivity index (χ3v) is 6.19. The lowest BCUT2D eigenvalue weighted by Crippen LogP contribution is -2.44. The van der Waals surface area contributed by atoms with E-state index in [-0.39, 0.29) is 12.3 Å². The molecular weight excluding hydrogens is 506 g/mol.